The van der Waals surface area contributed by atoms with E-state index in [1.165, 1.54) is 18.2 Å². The standard InChI is InChI=1S/C17H25FN2O3/c1-11(2)8-13(6-7-21)10-19-16(22)17(23)20-15-9-14(18)5-4-12(15)3/h4-5,9,11,13,21H,6-8,10H2,1-3H3,(H,19,22)(H,20,23). The maximum Gasteiger partial charge on any atom is 0.313 e. The van der Waals surface area contributed by atoms with Crippen LogP contribution in [0.1, 0.15) is 32.3 Å². The zero-order chi connectivity index (χ0) is 17.4. The van der Waals surface area contributed by atoms with E-state index in [0.717, 1.165) is 6.42 Å². The molecule has 0 aromatic heterocycles. The molecule has 128 valence electrons. The molecule has 1 rings (SSSR count). The maximum absolute atomic E-state index is 13.2. The van der Waals surface area contributed by atoms with Crippen LogP contribution >= 0.6 is 0 Å². The van der Waals surface area contributed by atoms with Crippen LogP contribution < -0.4 is 10.6 Å². The fourth-order valence-electron chi connectivity index (χ4n) is 2.38. The Morgan fingerprint density at radius 1 is 1.26 bits per heavy atom. The normalized spacial score (nSPS) is 12.1. The quantitative estimate of drug-likeness (QED) is 0.673. The highest BCUT2D eigenvalue weighted by molar-refractivity contribution is 6.39. The Kier molecular flexibility index (Phi) is 7.68. The van der Waals surface area contributed by atoms with Gasteiger partial charge in [0.05, 0.1) is 0 Å². The van der Waals surface area contributed by atoms with E-state index in [2.05, 4.69) is 24.5 Å². The first-order chi connectivity index (χ1) is 10.8. The number of aryl methyl sites for hydroxylation is 1. The fraction of sp³-hybridized carbons (Fsp3) is 0.529. The molecule has 0 saturated carbocycles. The number of hydrogen-bond donors (Lipinski definition) is 3. The number of carbonyl (C=O) groups excluding carboxylic acids is 2. The smallest absolute Gasteiger partial charge is 0.313 e. The molecule has 6 heteroatoms. The highest BCUT2D eigenvalue weighted by Crippen LogP contribution is 2.16. The Labute approximate surface area is 136 Å². The molecule has 0 heterocycles. The lowest BCUT2D eigenvalue weighted by atomic mass is 9.94. The molecule has 2 amide bonds. The van der Waals surface area contributed by atoms with Crippen molar-refractivity contribution in [1.29, 1.82) is 0 Å². The topological polar surface area (TPSA) is 78.4 Å². The summed E-state index contributed by atoms with van der Waals surface area (Å²) in [7, 11) is 0. The molecule has 5 nitrogen and oxygen atoms in total. The molecule has 3 N–H and O–H groups in total. The third-order valence-electron chi connectivity index (χ3n) is 3.55. The van der Waals surface area contributed by atoms with Crippen molar-refractivity contribution in [3.63, 3.8) is 0 Å². The summed E-state index contributed by atoms with van der Waals surface area (Å²) < 4.78 is 13.2. The average molecular weight is 324 g/mol. The summed E-state index contributed by atoms with van der Waals surface area (Å²) in [6.07, 6.45) is 1.43. The highest BCUT2D eigenvalue weighted by Gasteiger charge is 2.17. The Morgan fingerprint density at radius 2 is 1.96 bits per heavy atom. The number of aliphatic hydroxyl groups excluding tert-OH is 1. The molecule has 0 spiro atoms. The number of halogens is 1. The molecule has 1 aromatic rings. The summed E-state index contributed by atoms with van der Waals surface area (Å²) in [4.78, 5) is 23.7. The second kappa shape index (κ2) is 9.25. The molecule has 1 atom stereocenters. The van der Waals surface area contributed by atoms with E-state index in [9.17, 15) is 14.0 Å². The minimum atomic E-state index is -0.828. The number of nitrogens with one attached hydrogen (secondary N) is 2. The number of hydrogen-bond acceptors (Lipinski definition) is 3. The Hall–Kier alpha value is -1.95. The number of benzene rings is 1. The number of amides is 2. The maximum atomic E-state index is 13.2. The van der Waals surface area contributed by atoms with Gasteiger partial charge in [-0.25, -0.2) is 4.39 Å². The molecule has 23 heavy (non-hydrogen) atoms. The number of anilines is 1. The Bertz CT molecular complexity index is 547. The van der Waals surface area contributed by atoms with Gasteiger partial charge in [0.2, 0.25) is 0 Å². The van der Waals surface area contributed by atoms with Crippen molar-refractivity contribution in [2.75, 3.05) is 18.5 Å². The van der Waals surface area contributed by atoms with Gasteiger partial charge in [-0.15, -0.1) is 0 Å². The van der Waals surface area contributed by atoms with Crippen molar-refractivity contribution >= 4 is 17.5 Å². The van der Waals surface area contributed by atoms with Crippen molar-refractivity contribution in [3.05, 3.63) is 29.6 Å². The zero-order valence-corrected chi connectivity index (χ0v) is 13.9. The van der Waals surface area contributed by atoms with E-state index < -0.39 is 17.6 Å². The van der Waals surface area contributed by atoms with Crippen LogP contribution in [0.2, 0.25) is 0 Å². The SMILES string of the molecule is Cc1ccc(F)cc1NC(=O)C(=O)NCC(CCO)CC(C)C. The van der Waals surface area contributed by atoms with Gasteiger partial charge >= 0.3 is 11.8 Å². The van der Waals surface area contributed by atoms with Gasteiger partial charge in [0.15, 0.2) is 0 Å². The van der Waals surface area contributed by atoms with Crippen LogP contribution in [0.25, 0.3) is 0 Å². The Balaban J connectivity index is 2.56. The summed E-state index contributed by atoms with van der Waals surface area (Å²) in [5.74, 6) is -1.52. The van der Waals surface area contributed by atoms with E-state index in [1.54, 1.807) is 6.92 Å². The molecule has 0 aliphatic carbocycles. The van der Waals surface area contributed by atoms with E-state index >= 15 is 0 Å². The van der Waals surface area contributed by atoms with Crippen LogP contribution in [0.15, 0.2) is 18.2 Å². The molecule has 0 bridgehead atoms. The molecule has 1 unspecified atom stereocenters. The highest BCUT2D eigenvalue weighted by atomic mass is 19.1. The number of rotatable bonds is 7. The second-order valence-corrected chi connectivity index (χ2v) is 6.13. The van der Waals surface area contributed by atoms with E-state index in [1.807, 2.05) is 0 Å². The van der Waals surface area contributed by atoms with Crippen molar-refractivity contribution < 1.29 is 19.1 Å². The summed E-state index contributed by atoms with van der Waals surface area (Å²) >= 11 is 0. The first-order valence-corrected chi connectivity index (χ1v) is 7.79. The Morgan fingerprint density at radius 3 is 2.57 bits per heavy atom. The lowest BCUT2D eigenvalue weighted by Gasteiger charge is -2.18. The molecule has 0 aliphatic rings. The third kappa shape index (κ3) is 6.78. The largest absolute Gasteiger partial charge is 0.396 e. The van der Waals surface area contributed by atoms with Crippen molar-refractivity contribution in [3.8, 4) is 0 Å². The van der Waals surface area contributed by atoms with Gasteiger partial charge in [0.1, 0.15) is 5.82 Å². The van der Waals surface area contributed by atoms with Crippen LogP contribution in [0.5, 0.6) is 0 Å². The lowest BCUT2D eigenvalue weighted by molar-refractivity contribution is -0.136. The van der Waals surface area contributed by atoms with E-state index in [-0.39, 0.29) is 18.2 Å². The summed E-state index contributed by atoms with van der Waals surface area (Å²) in [5.41, 5.74) is 0.949. The number of carbonyl (C=O) groups is 2. The average Bonchev–Trinajstić information content (AvgIpc) is 2.47. The zero-order valence-electron chi connectivity index (χ0n) is 13.9. The van der Waals surface area contributed by atoms with E-state index in [0.29, 0.717) is 24.4 Å². The summed E-state index contributed by atoms with van der Waals surface area (Å²) in [6.45, 7) is 6.21. The number of aliphatic hydroxyl groups is 1. The monoisotopic (exact) mass is 324 g/mol. The second-order valence-electron chi connectivity index (χ2n) is 6.13. The van der Waals surface area contributed by atoms with E-state index in [4.69, 9.17) is 5.11 Å². The predicted octanol–water partition coefficient (Wildman–Crippen LogP) is 2.23. The van der Waals surface area contributed by atoms with Crippen LogP contribution in [0, 0.1) is 24.6 Å². The van der Waals surface area contributed by atoms with Crippen molar-refractivity contribution in [2.45, 2.75) is 33.6 Å². The van der Waals surface area contributed by atoms with Gasteiger partial charge in [-0.3, -0.25) is 9.59 Å². The van der Waals surface area contributed by atoms with Gasteiger partial charge in [0.25, 0.3) is 0 Å². The molecule has 0 fully saturated rings. The molecular weight excluding hydrogens is 299 g/mol. The fourth-order valence-corrected chi connectivity index (χ4v) is 2.38. The molecular formula is C17H25FN2O3. The minimum Gasteiger partial charge on any atom is -0.396 e. The van der Waals surface area contributed by atoms with Gasteiger partial charge in [0, 0.05) is 18.8 Å². The van der Waals surface area contributed by atoms with Crippen LogP contribution in [-0.4, -0.2) is 30.1 Å². The summed E-state index contributed by atoms with van der Waals surface area (Å²) in [5, 5.41) is 14.0. The lowest BCUT2D eigenvalue weighted by Crippen LogP contribution is -2.38. The summed E-state index contributed by atoms with van der Waals surface area (Å²) in [6, 6.07) is 3.99. The van der Waals surface area contributed by atoms with Crippen LogP contribution in [0.4, 0.5) is 10.1 Å². The predicted molar refractivity (Wildman–Crippen MR) is 87.4 cm³/mol. The van der Waals surface area contributed by atoms with Gasteiger partial charge in [-0.1, -0.05) is 19.9 Å². The van der Waals surface area contributed by atoms with Crippen molar-refractivity contribution in [1.82, 2.24) is 5.32 Å². The first kappa shape index (κ1) is 19.1. The van der Waals surface area contributed by atoms with Crippen molar-refractivity contribution in [2.24, 2.45) is 11.8 Å². The van der Waals surface area contributed by atoms with Gasteiger partial charge in [-0.2, -0.15) is 0 Å². The van der Waals surface area contributed by atoms with Gasteiger partial charge < -0.3 is 15.7 Å². The first-order valence-electron chi connectivity index (χ1n) is 7.79. The molecule has 1 aromatic carbocycles. The van der Waals surface area contributed by atoms with Gasteiger partial charge in [-0.05, 0) is 49.3 Å². The minimum absolute atomic E-state index is 0.0436. The third-order valence-corrected chi connectivity index (χ3v) is 3.55. The van der Waals surface area contributed by atoms with Crippen LogP contribution in [-0.2, 0) is 9.59 Å². The molecule has 0 radical (unpaired) electrons. The molecule has 0 saturated heterocycles. The van der Waals surface area contributed by atoms with Crippen LogP contribution in [0.3, 0.4) is 0 Å². The molecule has 0 aliphatic heterocycles.